The monoisotopic (exact) mass is 347 g/mol. The molecule has 0 fully saturated rings. The van der Waals surface area contributed by atoms with Crippen LogP contribution in [0.3, 0.4) is 0 Å². The van der Waals surface area contributed by atoms with E-state index >= 15 is 0 Å². The van der Waals surface area contributed by atoms with Gasteiger partial charge in [-0.2, -0.15) is 0 Å². The van der Waals surface area contributed by atoms with E-state index in [4.69, 9.17) is 22.5 Å². The first kappa shape index (κ1) is 15.8. The summed E-state index contributed by atoms with van der Waals surface area (Å²) in [4.78, 5) is 12.2. The van der Waals surface area contributed by atoms with Crippen molar-refractivity contribution in [3.05, 3.63) is 27.7 Å². The van der Waals surface area contributed by atoms with Crippen LogP contribution in [0.2, 0.25) is 5.02 Å². The highest BCUT2D eigenvalue weighted by molar-refractivity contribution is 9.10. The molecule has 0 saturated heterocycles. The van der Waals surface area contributed by atoms with Crippen LogP contribution in [0.25, 0.3) is 0 Å². The zero-order valence-electron chi connectivity index (χ0n) is 10.6. The molecule has 4 N–H and O–H groups in total. The van der Waals surface area contributed by atoms with E-state index in [-0.39, 0.29) is 11.7 Å². The average molecular weight is 349 g/mol. The Morgan fingerprint density at radius 2 is 2.26 bits per heavy atom. The Morgan fingerprint density at radius 3 is 2.74 bits per heavy atom. The van der Waals surface area contributed by atoms with Crippen molar-refractivity contribution in [1.82, 2.24) is 0 Å². The molecule has 104 valence electrons. The molecule has 0 saturated carbocycles. The molecule has 7 heteroatoms. The van der Waals surface area contributed by atoms with E-state index in [0.29, 0.717) is 21.6 Å². The molecule has 0 heterocycles. The highest BCUT2D eigenvalue weighted by Crippen LogP contribution is 2.28. The van der Waals surface area contributed by atoms with Crippen molar-refractivity contribution in [2.75, 3.05) is 5.32 Å². The molecule has 0 spiro atoms. The largest absolute Gasteiger partial charge is 0.409 e. The summed E-state index contributed by atoms with van der Waals surface area (Å²) in [5.41, 5.74) is 5.09. The molecule has 0 aliphatic carbocycles. The maximum Gasteiger partial charge on any atom is 0.238 e. The first-order valence-corrected chi connectivity index (χ1v) is 6.76. The van der Waals surface area contributed by atoms with Crippen molar-refractivity contribution in [3.63, 3.8) is 0 Å². The normalized spacial score (nSPS) is 14.8. The summed E-state index contributed by atoms with van der Waals surface area (Å²) in [6, 6.07) is 5.02. The van der Waals surface area contributed by atoms with Gasteiger partial charge in [0.05, 0.1) is 5.02 Å². The molecule has 19 heavy (non-hydrogen) atoms. The Bertz CT molecular complexity index is 522. The number of rotatable bonds is 4. The number of carbonyl (C=O) groups excluding carboxylic acids is 1. The number of nitrogens with two attached hydrogens (primary N) is 1. The van der Waals surface area contributed by atoms with Crippen LogP contribution in [0.4, 0.5) is 5.69 Å². The van der Waals surface area contributed by atoms with Crippen molar-refractivity contribution in [1.29, 1.82) is 0 Å². The minimum atomic E-state index is -1.07. The van der Waals surface area contributed by atoms with Crippen LogP contribution in [0.15, 0.2) is 27.8 Å². The summed E-state index contributed by atoms with van der Waals surface area (Å²) >= 11 is 9.15. The molecule has 1 amide bonds. The third-order valence-corrected chi connectivity index (χ3v) is 4.27. The Kier molecular flexibility index (Phi) is 5.20. The predicted molar refractivity (Wildman–Crippen MR) is 79.6 cm³/mol. The summed E-state index contributed by atoms with van der Waals surface area (Å²) in [5.74, 6) is -0.472. The van der Waals surface area contributed by atoms with Gasteiger partial charge in [0.1, 0.15) is 5.41 Å². The predicted octanol–water partition coefficient (Wildman–Crippen LogP) is 3.20. The van der Waals surface area contributed by atoms with Crippen molar-refractivity contribution >= 4 is 45.0 Å². The van der Waals surface area contributed by atoms with E-state index in [1.165, 1.54) is 0 Å². The summed E-state index contributed by atoms with van der Waals surface area (Å²) in [5, 5.41) is 14.9. The number of amidine groups is 1. The standard InChI is InChI=1S/C12H15BrClN3O2/c1-3-12(2,10(15)17-19)11(18)16-7-4-5-9(14)8(13)6-7/h4-6,19H,3H2,1-2H3,(H2,15,17)(H,16,18). The SMILES string of the molecule is CCC(C)(C(=O)Nc1ccc(Cl)c(Br)c1)/C(N)=N/O. The lowest BCUT2D eigenvalue weighted by molar-refractivity contribution is -0.121. The van der Waals surface area contributed by atoms with Crippen LogP contribution in [-0.4, -0.2) is 17.0 Å². The Labute approximate surface area is 124 Å². The molecule has 0 aliphatic heterocycles. The number of halogens is 2. The number of hydrogen-bond acceptors (Lipinski definition) is 3. The molecule has 1 atom stereocenters. The van der Waals surface area contributed by atoms with Crippen LogP contribution < -0.4 is 11.1 Å². The quantitative estimate of drug-likeness (QED) is 0.338. The zero-order chi connectivity index (χ0) is 14.6. The molecule has 0 aromatic heterocycles. The number of benzene rings is 1. The Balaban J connectivity index is 2.98. The van der Waals surface area contributed by atoms with Gasteiger partial charge in [-0.05, 0) is 47.5 Å². The third-order valence-electron chi connectivity index (χ3n) is 3.06. The van der Waals surface area contributed by atoms with Crippen molar-refractivity contribution < 1.29 is 10.0 Å². The van der Waals surface area contributed by atoms with E-state index in [1.54, 1.807) is 32.0 Å². The first-order chi connectivity index (χ1) is 8.85. The lowest BCUT2D eigenvalue weighted by atomic mass is 9.85. The van der Waals surface area contributed by atoms with Gasteiger partial charge in [0.15, 0.2) is 5.84 Å². The number of carbonyl (C=O) groups is 1. The topological polar surface area (TPSA) is 87.7 Å². The molecular weight excluding hydrogens is 334 g/mol. The van der Waals surface area contributed by atoms with Gasteiger partial charge in [-0.3, -0.25) is 4.79 Å². The molecule has 0 bridgehead atoms. The van der Waals surface area contributed by atoms with Crippen LogP contribution in [-0.2, 0) is 4.79 Å². The summed E-state index contributed by atoms with van der Waals surface area (Å²) in [7, 11) is 0. The Morgan fingerprint density at radius 1 is 1.63 bits per heavy atom. The first-order valence-electron chi connectivity index (χ1n) is 5.59. The molecule has 5 nitrogen and oxygen atoms in total. The Hall–Kier alpha value is -1.27. The summed E-state index contributed by atoms with van der Waals surface area (Å²) in [6.07, 6.45) is 0.406. The minimum absolute atomic E-state index is 0.125. The van der Waals surface area contributed by atoms with Gasteiger partial charge in [0.25, 0.3) is 0 Å². The average Bonchev–Trinajstić information content (AvgIpc) is 2.40. The molecule has 1 rings (SSSR count). The zero-order valence-corrected chi connectivity index (χ0v) is 12.9. The second-order valence-electron chi connectivity index (χ2n) is 4.25. The summed E-state index contributed by atoms with van der Waals surface area (Å²) in [6.45, 7) is 3.40. The van der Waals surface area contributed by atoms with Crippen LogP contribution in [0, 0.1) is 5.41 Å². The van der Waals surface area contributed by atoms with Crippen molar-refractivity contribution in [2.24, 2.45) is 16.3 Å². The number of nitrogens with one attached hydrogen (secondary N) is 1. The fraction of sp³-hybridized carbons (Fsp3) is 0.333. The molecule has 0 radical (unpaired) electrons. The van der Waals surface area contributed by atoms with Gasteiger partial charge in [-0.15, -0.1) is 0 Å². The highest BCUT2D eigenvalue weighted by Gasteiger charge is 2.36. The van der Waals surface area contributed by atoms with E-state index < -0.39 is 5.41 Å². The number of hydrogen-bond donors (Lipinski definition) is 3. The molecule has 1 aromatic carbocycles. The number of oxime groups is 1. The van der Waals surface area contributed by atoms with Gasteiger partial charge in [-0.25, -0.2) is 0 Å². The lowest BCUT2D eigenvalue weighted by Crippen LogP contribution is -2.44. The van der Waals surface area contributed by atoms with Gasteiger partial charge in [0.2, 0.25) is 5.91 Å². The third kappa shape index (κ3) is 3.39. The maximum atomic E-state index is 12.2. The number of nitrogens with zero attached hydrogens (tertiary/aromatic N) is 1. The number of amides is 1. The van der Waals surface area contributed by atoms with E-state index in [1.807, 2.05) is 0 Å². The second-order valence-corrected chi connectivity index (χ2v) is 5.52. The molecule has 0 aliphatic rings. The minimum Gasteiger partial charge on any atom is -0.409 e. The fourth-order valence-electron chi connectivity index (χ4n) is 1.41. The van der Waals surface area contributed by atoms with Crippen LogP contribution in [0.1, 0.15) is 20.3 Å². The van der Waals surface area contributed by atoms with Gasteiger partial charge in [-0.1, -0.05) is 23.7 Å². The molecule has 1 unspecified atom stereocenters. The van der Waals surface area contributed by atoms with Crippen LogP contribution in [0.5, 0.6) is 0 Å². The second kappa shape index (κ2) is 6.25. The van der Waals surface area contributed by atoms with Gasteiger partial charge >= 0.3 is 0 Å². The molecular formula is C12H15BrClN3O2. The van der Waals surface area contributed by atoms with E-state index in [2.05, 4.69) is 26.4 Å². The number of anilines is 1. The van der Waals surface area contributed by atoms with E-state index in [0.717, 1.165) is 0 Å². The summed E-state index contributed by atoms with van der Waals surface area (Å²) < 4.78 is 0.675. The smallest absolute Gasteiger partial charge is 0.238 e. The van der Waals surface area contributed by atoms with Gasteiger partial charge < -0.3 is 16.3 Å². The van der Waals surface area contributed by atoms with Crippen molar-refractivity contribution in [3.8, 4) is 0 Å². The maximum absolute atomic E-state index is 12.2. The van der Waals surface area contributed by atoms with Crippen molar-refractivity contribution in [2.45, 2.75) is 20.3 Å². The van der Waals surface area contributed by atoms with Gasteiger partial charge in [0, 0.05) is 10.2 Å². The highest BCUT2D eigenvalue weighted by atomic mass is 79.9. The lowest BCUT2D eigenvalue weighted by Gasteiger charge is -2.25. The molecule has 1 aromatic rings. The van der Waals surface area contributed by atoms with E-state index in [9.17, 15) is 4.79 Å². The fourth-order valence-corrected chi connectivity index (χ4v) is 1.91. The van der Waals surface area contributed by atoms with Crippen LogP contribution >= 0.6 is 27.5 Å².